The van der Waals surface area contributed by atoms with Gasteiger partial charge in [0.25, 0.3) is 0 Å². The van der Waals surface area contributed by atoms with Gasteiger partial charge >= 0.3 is 5.97 Å². The zero-order chi connectivity index (χ0) is 23.1. The second-order valence-electron chi connectivity index (χ2n) is 12.5. The Hall–Kier alpha value is -1.35. The number of hydrogen-bond acceptors (Lipinski definition) is 3. The Morgan fingerprint density at radius 2 is 1.73 bits per heavy atom. The summed E-state index contributed by atoms with van der Waals surface area (Å²) in [6.45, 7) is 5.65. The summed E-state index contributed by atoms with van der Waals surface area (Å²) in [7, 11) is 0. The van der Waals surface area contributed by atoms with Crippen molar-refractivity contribution in [3.8, 4) is 0 Å². The average Bonchev–Trinajstić information content (AvgIpc) is 3.15. The molecule has 0 heterocycles. The van der Waals surface area contributed by atoms with Gasteiger partial charge in [-0.2, -0.15) is 0 Å². The largest absolute Gasteiger partial charge is 0.461 e. The van der Waals surface area contributed by atoms with Gasteiger partial charge in [-0.05, 0) is 117 Å². The van der Waals surface area contributed by atoms with E-state index in [1.807, 2.05) is 30.3 Å². The average molecular weight is 452 g/mol. The van der Waals surface area contributed by atoms with E-state index in [-0.39, 0.29) is 5.97 Å². The van der Waals surface area contributed by atoms with E-state index in [1.54, 1.807) is 0 Å². The predicted molar refractivity (Wildman–Crippen MR) is 133 cm³/mol. The first-order valence-electron chi connectivity index (χ1n) is 13.9. The number of rotatable bonds is 6. The molecule has 4 saturated carbocycles. The lowest BCUT2D eigenvalue weighted by atomic mass is 9.44. The van der Waals surface area contributed by atoms with Crippen LogP contribution in [0.15, 0.2) is 30.3 Å². The van der Waals surface area contributed by atoms with E-state index in [2.05, 4.69) is 13.8 Å². The van der Waals surface area contributed by atoms with Crippen LogP contribution in [0.25, 0.3) is 0 Å². The van der Waals surface area contributed by atoms with Crippen molar-refractivity contribution >= 4 is 5.97 Å². The number of hydrogen-bond donors (Lipinski definition) is 1. The van der Waals surface area contributed by atoms with Crippen LogP contribution in [0.2, 0.25) is 0 Å². The summed E-state index contributed by atoms with van der Waals surface area (Å²) < 4.78 is 5.52. The highest BCUT2D eigenvalue weighted by Crippen LogP contribution is 2.67. The molecular weight excluding hydrogens is 406 g/mol. The van der Waals surface area contributed by atoms with Gasteiger partial charge in [-0.25, -0.2) is 0 Å². The zero-order valence-corrected chi connectivity index (χ0v) is 20.9. The maximum atomic E-state index is 12.3. The maximum Gasteiger partial charge on any atom is 0.306 e. The van der Waals surface area contributed by atoms with Crippen molar-refractivity contribution in [1.29, 1.82) is 0 Å². The fourth-order valence-corrected chi connectivity index (χ4v) is 9.18. The summed E-state index contributed by atoms with van der Waals surface area (Å²) in [5.41, 5.74) is 8.48. The molecule has 0 radical (unpaired) electrons. The summed E-state index contributed by atoms with van der Waals surface area (Å²) in [6, 6.07) is 10.4. The van der Waals surface area contributed by atoms with Crippen molar-refractivity contribution in [1.82, 2.24) is 0 Å². The molecule has 0 amide bonds. The predicted octanol–water partition coefficient (Wildman–Crippen LogP) is 6.89. The fraction of sp³-hybridized carbons (Fsp3) is 0.767. The van der Waals surface area contributed by atoms with Crippen molar-refractivity contribution in [2.75, 3.05) is 0 Å². The molecule has 2 N–H and O–H groups in total. The minimum atomic E-state index is -0.0379. The maximum absolute atomic E-state index is 12.3. The van der Waals surface area contributed by atoms with E-state index in [9.17, 15) is 4.79 Å². The third kappa shape index (κ3) is 4.40. The number of carbonyl (C=O) groups is 1. The molecule has 33 heavy (non-hydrogen) atoms. The van der Waals surface area contributed by atoms with E-state index in [0.717, 1.165) is 41.6 Å². The van der Waals surface area contributed by atoms with Gasteiger partial charge in [0.15, 0.2) is 0 Å². The van der Waals surface area contributed by atoms with Crippen LogP contribution in [0.4, 0.5) is 0 Å². The van der Waals surface area contributed by atoms with E-state index >= 15 is 0 Å². The standard InChI is InChI=1S/C30H45NO2/c1-29-18-16-27-25(13-11-23-19-24(31)15-17-30(23,27)2)26(29)14-12-22(29)9-6-10-28(32)33-20-21-7-4-3-5-8-21/h3-5,7-8,22-27H,6,9-20,31H2,1-2H3. The quantitative estimate of drug-likeness (QED) is 0.479. The van der Waals surface area contributed by atoms with Crippen LogP contribution >= 0.6 is 0 Å². The molecule has 0 aromatic heterocycles. The summed E-state index contributed by atoms with van der Waals surface area (Å²) in [6.07, 6.45) is 15.1. The number of esters is 1. The van der Waals surface area contributed by atoms with Gasteiger partial charge in [-0.3, -0.25) is 4.79 Å². The lowest BCUT2D eigenvalue weighted by Crippen LogP contribution is -2.54. The zero-order valence-electron chi connectivity index (χ0n) is 20.9. The molecule has 1 aromatic rings. The Kier molecular flexibility index (Phi) is 6.64. The molecule has 4 aliphatic carbocycles. The monoisotopic (exact) mass is 451 g/mol. The SMILES string of the molecule is CC12CCC3C(CCC4CC(N)CCC43C)C1CCC2CCCC(=O)OCc1ccccc1. The van der Waals surface area contributed by atoms with Gasteiger partial charge in [0.1, 0.15) is 6.61 Å². The number of fused-ring (bicyclic) bond motifs is 5. The third-order valence-corrected chi connectivity index (χ3v) is 11.1. The van der Waals surface area contributed by atoms with Crippen LogP contribution in [0.3, 0.4) is 0 Å². The highest BCUT2D eigenvalue weighted by Gasteiger charge is 2.59. The minimum Gasteiger partial charge on any atom is -0.461 e. The molecule has 3 heteroatoms. The van der Waals surface area contributed by atoms with Crippen molar-refractivity contribution in [3.05, 3.63) is 35.9 Å². The molecule has 0 bridgehead atoms. The van der Waals surface area contributed by atoms with Crippen LogP contribution in [0.1, 0.15) is 96.5 Å². The van der Waals surface area contributed by atoms with E-state index in [0.29, 0.717) is 29.9 Å². The first-order chi connectivity index (χ1) is 15.9. The van der Waals surface area contributed by atoms with Crippen LogP contribution < -0.4 is 5.73 Å². The van der Waals surface area contributed by atoms with Crippen molar-refractivity contribution in [2.24, 2.45) is 46.2 Å². The lowest BCUT2D eigenvalue weighted by molar-refractivity contribution is -0.145. The van der Waals surface area contributed by atoms with Crippen molar-refractivity contribution in [2.45, 2.75) is 104 Å². The van der Waals surface area contributed by atoms with Crippen molar-refractivity contribution in [3.63, 3.8) is 0 Å². The highest BCUT2D eigenvalue weighted by molar-refractivity contribution is 5.69. The number of benzene rings is 1. The van der Waals surface area contributed by atoms with E-state index in [1.165, 1.54) is 64.2 Å². The Balaban J connectivity index is 1.15. The molecule has 8 unspecified atom stereocenters. The van der Waals surface area contributed by atoms with Crippen LogP contribution in [-0.4, -0.2) is 12.0 Å². The van der Waals surface area contributed by atoms with Crippen LogP contribution in [0.5, 0.6) is 0 Å². The van der Waals surface area contributed by atoms with Gasteiger partial charge in [-0.15, -0.1) is 0 Å². The Morgan fingerprint density at radius 1 is 0.970 bits per heavy atom. The Labute approximate surface area is 201 Å². The van der Waals surface area contributed by atoms with Gasteiger partial charge in [-0.1, -0.05) is 44.2 Å². The topological polar surface area (TPSA) is 52.3 Å². The molecule has 4 aliphatic rings. The number of carbonyl (C=O) groups excluding carboxylic acids is 1. The second-order valence-corrected chi connectivity index (χ2v) is 12.5. The van der Waals surface area contributed by atoms with Gasteiger partial charge in [0.2, 0.25) is 0 Å². The van der Waals surface area contributed by atoms with Crippen LogP contribution in [0, 0.1) is 40.4 Å². The van der Waals surface area contributed by atoms with Crippen molar-refractivity contribution < 1.29 is 9.53 Å². The summed E-state index contributed by atoms with van der Waals surface area (Å²) in [5.74, 6) is 4.37. The summed E-state index contributed by atoms with van der Waals surface area (Å²) in [5, 5.41) is 0. The fourth-order valence-electron chi connectivity index (χ4n) is 9.18. The van der Waals surface area contributed by atoms with Gasteiger partial charge in [0, 0.05) is 12.5 Å². The first-order valence-corrected chi connectivity index (χ1v) is 13.9. The Bertz CT molecular complexity index is 824. The highest BCUT2D eigenvalue weighted by atomic mass is 16.5. The first kappa shape index (κ1) is 23.4. The minimum absolute atomic E-state index is 0.0379. The second kappa shape index (κ2) is 9.36. The van der Waals surface area contributed by atoms with Crippen LogP contribution in [-0.2, 0) is 16.1 Å². The van der Waals surface area contributed by atoms with E-state index in [4.69, 9.17) is 10.5 Å². The molecule has 182 valence electrons. The third-order valence-electron chi connectivity index (χ3n) is 11.1. The molecule has 1 aromatic carbocycles. The molecule has 8 atom stereocenters. The molecule has 0 aliphatic heterocycles. The normalized spacial score (nSPS) is 42.2. The smallest absolute Gasteiger partial charge is 0.306 e. The molecule has 3 nitrogen and oxygen atoms in total. The summed E-state index contributed by atoms with van der Waals surface area (Å²) in [4.78, 5) is 12.3. The molecule has 5 rings (SSSR count). The molecule has 4 fully saturated rings. The molecular formula is C30H45NO2. The summed E-state index contributed by atoms with van der Waals surface area (Å²) >= 11 is 0. The van der Waals surface area contributed by atoms with Gasteiger partial charge in [0.05, 0.1) is 0 Å². The van der Waals surface area contributed by atoms with Gasteiger partial charge < -0.3 is 10.5 Å². The lowest BCUT2D eigenvalue weighted by Gasteiger charge is -2.61. The molecule has 0 spiro atoms. The molecule has 0 saturated heterocycles. The van der Waals surface area contributed by atoms with E-state index < -0.39 is 0 Å². The number of nitrogens with two attached hydrogens (primary N) is 1. The Morgan fingerprint density at radius 3 is 2.55 bits per heavy atom. The number of ether oxygens (including phenoxy) is 1.